The second kappa shape index (κ2) is 8.64. The molecule has 7 heteroatoms. The number of hydrogen-bond acceptors (Lipinski definition) is 4. The molecule has 0 saturated carbocycles. The quantitative estimate of drug-likeness (QED) is 0.807. The number of rotatable bonds is 6. The molecule has 1 aromatic heterocycles. The summed E-state index contributed by atoms with van der Waals surface area (Å²) < 4.78 is 6.85. The predicted octanol–water partition coefficient (Wildman–Crippen LogP) is 1.70. The molecule has 1 saturated heterocycles. The molecule has 0 spiro atoms. The van der Waals surface area contributed by atoms with E-state index in [-0.39, 0.29) is 11.6 Å². The van der Waals surface area contributed by atoms with E-state index in [0.29, 0.717) is 39.0 Å². The number of nitrogens with zero attached hydrogens (tertiary/aromatic N) is 1. The monoisotopic (exact) mass is 370 g/mol. The number of pyridine rings is 1. The first-order chi connectivity index (χ1) is 13.0. The zero-order chi connectivity index (χ0) is 19.2. The van der Waals surface area contributed by atoms with Gasteiger partial charge in [0.2, 0.25) is 5.43 Å². The molecule has 27 heavy (non-hydrogen) atoms. The Bertz CT molecular complexity index is 870. The van der Waals surface area contributed by atoms with Gasteiger partial charge in [-0.05, 0) is 24.8 Å². The molecule has 1 aromatic carbocycles. The third-order valence-electron chi connectivity index (χ3n) is 4.61. The van der Waals surface area contributed by atoms with Crippen LogP contribution in [0.25, 0.3) is 0 Å². The minimum atomic E-state index is -1.34. The van der Waals surface area contributed by atoms with Crippen LogP contribution >= 0.6 is 0 Å². The maximum Gasteiger partial charge on any atom is 0.341 e. The van der Waals surface area contributed by atoms with E-state index in [1.54, 1.807) is 4.57 Å². The Morgan fingerprint density at radius 3 is 2.44 bits per heavy atom. The van der Waals surface area contributed by atoms with Gasteiger partial charge in [-0.2, -0.15) is 0 Å². The number of ether oxygens (including phenoxy) is 1. The SMILES string of the molecule is O=C(O)c1cn(CCc2ccccc2)cc(C(=O)NC2CCOCC2)c1=O. The molecule has 1 fully saturated rings. The molecule has 0 aliphatic carbocycles. The lowest BCUT2D eigenvalue weighted by Gasteiger charge is -2.23. The van der Waals surface area contributed by atoms with Gasteiger partial charge >= 0.3 is 5.97 Å². The lowest BCUT2D eigenvalue weighted by molar-refractivity contribution is 0.0693. The number of amides is 1. The molecule has 1 aliphatic heterocycles. The van der Waals surface area contributed by atoms with Gasteiger partial charge in [0.15, 0.2) is 0 Å². The van der Waals surface area contributed by atoms with E-state index in [1.165, 1.54) is 12.4 Å². The van der Waals surface area contributed by atoms with Crippen molar-refractivity contribution in [2.45, 2.75) is 31.8 Å². The molecule has 2 aromatic rings. The van der Waals surface area contributed by atoms with Gasteiger partial charge in [0.1, 0.15) is 11.1 Å². The Balaban J connectivity index is 1.83. The largest absolute Gasteiger partial charge is 0.477 e. The molecule has 1 aliphatic rings. The summed E-state index contributed by atoms with van der Waals surface area (Å²) in [5.41, 5.74) is -0.221. The fourth-order valence-electron chi connectivity index (χ4n) is 3.08. The second-order valence-electron chi connectivity index (χ2n) is 6.55. The summed E-state index contributed by atoms with van der Waals surface area (Å²) in [6.45, 7) is 1.57. The summed E-state index contributed by atoms with van der Waals surface area (Å²) in [5.74, 6) is -1.88. The number of nitrogens with one attached hydrogen (secondary N) is 1. The van der Waals surface area contributed by atoms with Crippen molar-refractivity contribution in [2.24, 2.45) is 0 Å². The van der Waals surface area contributed by atoms with E-state index in [2.05, 4.69) is 5.32 Å². The van der Waals surface area contributed by atoms with Crippen LogP contribution in [0.4, 0.5) is 0 Å². The van der Waals surface area contributed by atoms with Crippen LogP contribution in [-0.2, 0) is 17.7 Å². The summed E-state index contributed by atoms with van der Waals surface area (Å²) in [5, 5.41) is 12.2. The summed E-state index contributed by atoms with van der Waals surface area (Å²) in [4.78, 5) is 36.5. The van der Waals surface area contributed by atoms with Crippen molar-refractivity contribution in [1.82, 2.24) is 9.88 Å². The highest BCUT2D eigenvalue weighted by Crippen LogP contribution is 2.08. The third-order valence-corrected chi connectivity index (χ3v) is 4.61. The number of benzene rings is 1. The van der Waals surface area contributed by atoms with E-state index in [1.807, 2.05) is 30.3 Å². The Hall–Kier alpha value is -2.93. The average Bonchev–Trinajstić information content (AvgIpc) is 2.68. The first kappa shape index (κ1) is 18.8. The second-order valence-corrected chi connectivity index (χ2v) is 6.55. The molecule has 2 N–H and O–H groups in total. The van der Waals surface area contributed by atoms with Gasteiger partial charge in [-0.15, -0.1) is 0 Å². The van der Waals surface area contributed by atoms with E-state index in [4.69, 9.17) is 4.74 Å². The predicted molar refractivity (Wildman–Crippen MR) is 99.1 cm³/mol. The Kier molecular flexibility index (Phi) is 6.03. The van der Waals surface area contributed by atoms with Crippen molar-refractivity contribution in [3.8, 4) is 0 Å². The molecule has 2 heterocycles. The van der Waals surface area contributed by atoms with Crippen LogP contribution in [0.2, 0.25) is 0 Å². The van der Waals surface area contributed by atoms with Crippen LogP contribution in [0.1, 0.15) is 39.1 Å². The number of aryl methyl sites for hydroxylation is 2. The van der Waals surface area contributed by atoms with Crippen LogP contribution in [0, 0.1) is 0 Å². The van der Waals surface area contributed by atoms with Crippen LogP contribution in [0.5, 0.6) is 0 Å². The van der Waals surface area contributed by atoms with Crippen molar-refractivity contribution in [3.05, 3.63) is 69.6 Å². The fourth-order valence-corrected chi connectivity index (χ4v) is 3.08. The van der Waals surface area contributed by atoms with Crippen LogP contribution in [0.3, 0.4) is 0 Å². The molecule has 3 rings (SSSR count). The number of carbonyl (C=O) groups excluding carboxylic acids is 1. The number of carboxylic acids is 1. The summed E-state index contributed by atoms with van der Waals surface area (Å²) >= 11 is 0. The maximum atomic E-state index is 12.6. The van der Waals surface area contributed by atoms with Crippen molar-refractivity contribution < 1.29 is 19.4 Å². The van der Waals surface area contributed by atoms with E-state index in [0.717, 1.165) is 5.56 Å². The normalized spacial score (nSPS) is 14.7. The van der Waals surface area contributed by atoms with Crippen LogP contribution < -0.4 is 10.7 Å². The zero-order valence-corrected chi connectivity index (χ0v) is 14.9. The third kappa shape index (κ3) is 4.83. The molecule has 0 unspecified atom stereocenters. The number of carbonyl (C=O) groups is 2. The first-order valence-corrected chi connectivity index (χ1v) is 8.94. The Morgan fingerprint density at radius 1 is 1.11 bits per heavy atom. The Morgan fingerprint density at radius 2 is 1.78 bits per heavy atom. The highest BCUT2D eigenvalue weighted by atomic mass is 16.5. The van der Waals surface area contributed by atoms with E-state index in [9.17, 15) is 19.5 Å². The van der Waals surface area contributed by atoms with Crippen LogP contribution in [0.15, 0.2) is 47.5 Å². The molecule has 7 nitrogen and oxygen atoms in total. The maximum absolute atomic E-state index is 12.6. The molecular formula is C20H22N2O5. The summed E-state index contributed by atoms with van der Waals surface area (Å²) in [6, 6.07) is 9.65. The van der Waals surface area contributed by atoms with Crippen molar-refractivity contribution >= 4 is 11.9 Å². The highest BCUT2D eigenvalue weighted by Gasteiger charge is 2.22. The number of hydrogen-bond donors (Lipinski definition) is 2. The van der Waals surface area contributed by atoms with Gasteiger partial charge in [-0.3, -0.25) is 9.59 Å². The summed E-state index contributed by atoms with van der Waals surface area (Å²) in [6.07, 6.45) is 4.73. The summed E-state index contributed by atoms with van der Waals surface area (Å²) in [7, 11) is 0. The highest BCUT2D eigenvalue weighted by molar-refractivity contribution is 5.97. The number of aromatic nitrogens is 1. The molecule has 0 atom stereocenters. The van der Waals surface area contributed by atoms with Crippen molar-refractivity contribution in [3.63, 3.8) is 0 Å². The molecule has 142 valence electrons. The van der Waals surface area contributed by atoms with Gasteiger partial charge < -0.3 is 19.7 Å². The van der Waals surface area contributed by atoms with Gasteiger partial charge in [-0.1, -0.05) is 30.3 Å². The Labute approximate surface area is 156 Å². The smallest absolute Gasteiger partial charge is 0.341 e. The first-order valence-electron chi connectivity index (χ1n) is 8.94. The molecule has 0 radical (unpaired) electrons. The minimum Gasteiger partial charge on any atom is -0.477 e. The molecular weight excluding hydrogens is 348 g/mol. The lowest BCUT2D eigenvalue weighted by Crippen LogP contribution is -2.41. The minimum absolute atomic E-state index is 0.0723. The van der Waals surface area contributed by atoms with E-state index >= 15 is 0 Å². The standard InChI is InChI=1S/C20H22N2O5/c23-18-16(19(24)21-15-7-10-27-11-8-15)12-22(13-17(18)20(25)26)9-6-14-4-2-1-3-5-14/h1-5,12-13,15H,6-11H2,(H,21,24)(H,25,26). The number of aromatic carboxylic acids is 1. The van der Waals surface area contributed by atoms with Gasteiger partial charge in [0.25, 0.3) is 5.91 Å². The van der Waals surface area contributed by atoms with Crippen molar-refractivity contribution in [2.75, 3.05) is 13.2 Å². The molecule has 1 amide bonds. The van der Waals surface area contributed by atoms with Crippen molar-refractivity contribution in [1.29, 1.82) is 0 Å². The number of carboxylic acid groups (broad SMARTS) is 1. The lowest BCUT2D eigenvalue weighted by atomic mass is 10.1. The zero-order valence-electron chi connectivity index (χ0n) is 14.9. The van der Waals surface area contributed by atoms with Crippen LogP contribution in [-0.4, -0.2) is 40.8 Å². The fraction of sp³-hybridized carbons (Fsp3) is 0.350. The van der Waals surface area contributed by atoms with E-state index < -0.39 is 22.9 Å². The molecule has 0 bridgehead atoms. The topological polar surface area (TPSA) is 97.6 Å². The average molecular weight is 370 g/mol. The van der Waals surface area contributed by atoms with Gasteiger partial charge in [0.05, 0.1) is 0 Å². The van der Waals surface area contributed by atoms with Gasteiger partial charge in [-0.25, -0.2) is 4.79 Å². The van der Waals surface area contributed by atoms with Gasteiger partial charge in [0, 0.05) is 38.2 Å².